The maximum absolute atomic E-state index is 5.90. The van der Waals surface area contributed by atoms with Crippen LogP contribution in [0.4, 0.5) is 0 Å². The van der Waals surface area contributed by atoms with Gasteiger partial charge in [-0.05, 0) is 25.9 Å². The summed E-state index contributed by atoms with van der Waals surface area (Å²) in [7, 11) is 3.48. The van der Waals surface area contributed by atoms with Crippen molar-refractivity contribution in [2.45, 2.75) is 24.9 Å². The quantitative estimate of drug-likeness (QED) is 0.577. The van der Waals surface area contributed by atoms with Crippen molar-refractivity contribution in [3.8, 4) is 0 Å². The van der Waals surface area contributed by atoms with Crippen LogP contribution in [-0.2, 0) is 26.6 Å². The molecule has 0 bridgehead atoms. The van der Waals surface area contributed by atoms with E-state index in [1.807, 2.05) is 0 Å². The number of rotatable bonds is 9. The van der Waals surface area contributed by atoms with Crippen LogP contribution in [0.25, 0.3) is 0 Å². The van der Waals surface area contributed by atoms with Gasteiger partial charge < -0.3 is 31.5 Å². The smallest absolute Gasteiger partial charge is 0.377 e. The number of hydrogen-bond acceptors (Lipinski definition) is 7. The van der Waals surface area contributed by atoms with Gasteiger partial charge in [-0.15, -0.1) is 0 Å². The molecule has 9 heteroatoms. The lowest BCUT2D eigenvalue weighted by Gasteiger charge is -2.32. The van der Waals surface area contributed by atoms with Crippen LogP contribution in [0.2, 0.25) is 12.1 Å². The molecular weight excluding hydrogens is 322 g/mol. The van der Waals surface area contributed by atoms with Crippen molar-refractivity contribution < 1.29 is 26.6 Å². The summed E-state index contributed by atoms with van der Waals surface area (Å²) in [5, 5.41) is 0. The van der Waals surface area contributed by atoms with Gasteiger partial charge in [-0.25, -0.2) is 0 Å². The Morgan fingerprint density at radius 2 is 1.64 bits per heavy atom. The highest BCUT2D eigenvalue weighted by atomic mass is 28.4. The molecule has 0 unspecified atom stereocenters. The SMILES string of the molecule is CO[Si](CCCN1CCC[Si](OC)(OC)OCC1)(OC)OC. The molecule has 0 aromatic heterocycles. The van der Waals surface area contributed by atoms with Gasteiger partial charge >= 0.3 is 17.6 Å². The average Bonchev–Trinajstić information content (AvgIpc) is 2.54. The Bertz CT molecular complexity index is 282. The Labute approximate surface area is 136 Å². The first-order chi connectivity index (χ1) is 10.6. The fourth-order valence-corrected chi connectivity index (χ4v) is 6.39. The van der Waals surface area contributed by atoms with Crippen molar-refractivity contribution >= 4 is 17.6 Å². The van der Waals surface area contributed by atoms with E-state index >= 15 is 0 Å². The number of hydrogen-bond donors (Lipinski definition) is 0. The van der Waals surface area contributed by atoms with E-state index in [2.05, 4.69) is 4.90 Å². The normalized spacial score (nSPS) is 20.6. The monoisotopic (exact) mass is 353 g/mol. The Morgan fingerprint density at radius 3 is 2.18 bits per heavy atom. The van der Waals surface area contributed by atoms with Gasteiger partial charge in [0, 0.05) is 54.2 Å². The fourth-order valence-electron chi connectivity index (χ4n) is 2.74. The van der Waals surface area contributed by atoms with Crippen LogP contribution >= 0.6 is 0 Å². The van der Waals surface area contributed by atoms with Crippen LogP contribution in [0.15, 0.2) is 0 Å². The van der Waals surface area contributed by atoms with Crippen LogP contribution in [-0.4, -0.2) is 84.3 Å². The molecule has 0 saturated carbocycles. The largest absolute Gasteiger partial charge is 0.500 e. The standard InChI is InChI=1S/C13H31NO6Si2/c1-15-21(16-2,17-3)12-6-8-14-9-7-13-22(18-4,19-5)20-11-10-14/h6-13H2,1-5H3. The average molecular weight is 354 g/mol. The minimum atomic E-state index is -2.45. The molecule has 1 aliphatic heterocycles. The summed E-state index contributed by atoms with van der Waals surface area (Å²) < 4.78 is 33.2. The van der Waals surface area contributed by atoms with Crippen molar-refractivity contribution in [1.29, 1.82) is 0 Å². The van der Waals surface area contributed by atoms with Crippen LogP contribution in [0, 0.1) is 0 Å². The minimum absolute atomic E-state index is 0.648. The molecule has 0 N–H and O–H groups in total. The number of nitrogens with zero attached hydrogens (tertiary/aromatic N) is 1. The van der Waals surface area contributed by atoms with E-state index in [4.69, 9.17) is 26.6 Å². The lowest BCUT2D eigenvalue weighted by Crippen LogP contribution is -2.48. The second-order valence-electron chi connectivity index (χ2n) is 5.28. The molecule has 0 atom stereocenters. The second-order valence-corrected chi connectivity index (χ2v) is 11.3. The van der Waals surface area contributed by atoms with Gasteiger partial charge in [-0.2, -0.15) is 0 Å². The van der Waals surface area contributed by atoms with Crippen LogP contribution < -0.4 is 0 Å². The first-order valence-corrected chi connectivity index (χ1v) is 11.6. The second kappa shape index (κ2) is 10.1. The maximum atomic E-state index is 5.90. The summed E-state index contributed by atoms with van der Waals surface area (Å²) in [6.45, 7) is 3.56. The van der Waals surface area contributed by atoms with Crippen molar-refractivity contribution in [2.75, 3.05) is 61.8 Å². The fraction of sp³-hybridized carbons (Fsp3) is 1.00. The van der Waals surface area contributed by atoms with Crippen molar-refractivity contribution in [3.63, 3.8) is 0 Å². The van der Waals surface area contributed by atoms with Gasteiger partial charge in [0.15, 0.2) is 0 Å². The zero-order valence-corrected chi connectivity index (χ0v) is 16.6. The molecule has 1 aliphatic rings. The molecular formula is C13H31NO6Si2. The minimum Gasteiger partial charge on any atom is -0.377 e. The maximum Gasteiger partial charge on any atom is 0.500 e. The molecule has 22 heavy (non-hydrogen) atoms. The van der Waals surface area contributed by atoms with Crippen LogP contribution in [0.3, 0.4) is 0 Å². The van der Waals surface area contributed by atoms with E-state index < -0.39 is 17.6 Å². The van der Waals surface area contributed by atoms with Crippen molar-refractivity contribution in [1.82, 2.24) is 4.90 Å². The van der Waals surface area contributed by atoms with Gasteiger partial charge in [0.1, 0.15) is 0 Å². The summed E-state index contributed by atoms with van der Waals surface area (Å²) in [6, 6.07) is 1.69. The predicted molar refractivity (Wildman–Crippen MR) is 87.8 cm³/mol. The van der Waals surface area contributed by atoms with E-state index in [0.29, 0.717) is 6.61 Å². The Balaban J connectivity index is 2.37. The van der Waals surface area contributed by atoms with E-state index in [0.717, 1.165) is 44.6 Å². The zero-order valence-electron chi connectivity index (χ0n) is 14.6. The highest BCUT2D eigenvalue weighted by molar-refractivity contribution is 6.60. The van der Waals surface area contributed by atoms with Gasteiger partial charge in [0.25, 0.3) is 0 Å². The summed E-state index contributed by atoms with van der Waals surface area (Å²) in [5.74, 6) is 0. The molecule has 0 aliphatic carbocycles. The van der Waals surface area contributed by atoms with Crippen molar-refractivity contribution in [3.05, 3.63) is 0 Å². The lowest BCUT2D eigenvalue weighted by atomic mass is 10.3. The van der Waals surface area contributed by atoms with E-state index in [9.17, 15) is 0 Å². The van der Waals surface area contributed by atoms with Gasteiger partial charge in [-0.3, -0.25) is 0 Å². The first-order valence-electron chi connectivity index (χ1n) is 7.71. The zero-order chi connectivity index (χ0) is 16.5. The molecule has 0 aromatic rings. The van der Waals surface area contributed by atoms with E-state index in [-0.39, 0.29) is 0 Å². The summed E-state index contributed by atoms with van der Waals surface area (Å²) in [6.07, 6.45) is 2.01. The molecule has 1 rings (SSSR count). The molecule has 0 radical (unpaired) electrons. The molecule has 1 fully saturated rings. The third kappa shape index (κ3) is 5.66. The van der Waals surface area contributed by atoms with Gasteiger partial charge in [0.2, 0.25) is 0 Å². The lowest BCUT2D eigenvalue weighted by molar-refractivity contribution is 0.0734. The third-order valence-corrected chi connectivity index (χ3v) is 9.88. The molecule has 0 amide bonds. The molecule has 1 saturated heterocycles. The van der Waals surface area contributed by atoms with Crippen LogP contribution in [0.5, 0.6) is 0 Å². The summed E-state index contributed by atoms with van der Waals surface area (Å²) in [4.78, 5) is 2.41. The predicted octanol–water partition coefficient (Wildman–Crippen LogP) is 1.21. The molecule has 0 aromatic carbocycles. The highest BCUT2D eigenvalue weighted by Gasteiger charge is 2.40. The topological polar surface area (TPSA) is 58.6 Å². The van der Waals surface area contributed by atoms with Crippen molar-refractivity contribution in [2.24, 2.45) is 0 Å². The third-order valence-electron chi connectivity index (χ3n) is 4.20. The van der Waals surface area contributed by atoms with E-state index in [1.165, 1.54) is 0 Å². The Kier molecular flexibility index (Phi) is 9.28. The first kappa shape index (κ1) is 20.2. The summed E-state index contributed by atoms with van der Waals surface area (Å²) >= 11 is 0. The van der Waals surface area contributed by atoms with Crippen LogP contribution in [0.1, 0.15) is 12.8 Å². The Hall–Kier alpha value is 0.154. The summed E-state index contributed by atoms with van der Waals surface area (Å²) in [5.41, 5.74) is 0. The molecule has 0 spiro atoms. The van der Waals surface area contributed by atoms with Gasteiger partial charge in [0.05, 0.1) is 6.61 Å². The van der Waals surface area contributed by atoms with Gasteiger partial charge in [-0.1, -0.05) is 0 Å². The highest BCUT2D eigenvalue weighted by Crippen LogP contribution is 2.20. The van der Waals surface area contributed by atoms with E-state index in [1.54, 1.807) is 35.5 Å². The molecule has 1 heterocycles. The molecule has 7 nitrogen and oxygen atoms in total. The molecule has 132 valence electrons. The Morgan fingerprint density at radius 1 is 1.00 bits per heavy atom.